The van der Waals surface area contributed by atoms with E-state index in [1.54, 1.807) is 43.5 Å². The Morgan fingerprint density at radius 1 is 1.09 bits per heavy atom. The Hall–Kier alpha value is -4.36. The topological polar surface area (TPSA) is 115 Å². The van der Waals surface area contributed by atoms with Crippen molar-refractivity contribution in [3.8, 4) is 23.2 Å². The van der Waals surface area contributed by atoms with E-state index in [9.17, 15) is 23.1 Å². The van der Waals surface area contributed by atoms with Crippen LogP contribution in [0.1, 0.15) is 36.6 Å². The minimum absolute atomic E-state index is 0.00918. The molecular formula is C31H30ClF3N6O4. The maximum Gasteiger partial charge on any atom is 0.429 e. The van der Waals surface area contributed by atoms with Crippen LogP contribution in [-0.2, 0) is 4.79 Å². The van der Waals surface area contributed by atoms with E-state index >= 15 is 0 Å². The number of piperidine rings is 1. The summed E-state index contributed by atoms with van der Waals surface area (Å²) in [5.41, 5.74) is 0.332. The molecule has 14 heteroatoms. The second kappa shape index (κ2) is 12.2. The molecule has 2 saturated heterocycles. The molecule has 45 heavy (non-hydrogen) atoms. The summed E-state index contributed by atoms with van der Waals surface area (Å²) in [4.78, 5) is 22.3. The number of hydrogen-bond donors (Lipinski definition) is 2. The van der Waals surface area contributed by atoms with Crippen molar-refractivity contribution >= 4 is 23.5 Å². The lowest BCUT2D eigenvalue weighted by Crippen LogP contribution is -2.42. The average molecular weight is 643 g/mol. The first kappa shape index (κ1) is 30.7. The number of carbonyl (C=O) groups is 1. The second-order valence-corrected chi connectivity index (χ2v) is 11.8. The number of nitrogens with one attached hydrogen (secondary N) is 1. The first-order valence-corrected chi connectivity index (χ1v) is 14.7. The van der Waals surface area contributed by atoms with Crippen molar-refractivity contribution in [3.05, 3.63) is 83.1 Å². The lowest BCUT2D eigenvalue weighted by molar-refractivity contribution is -0.198. The number of rotatable bonds is 8. The van der Waals surface area contributed by atoms with Gasteiger partial charge in [-0.15, -0.1) is 0 Å². The number of aryl methyl sites for hydroxylation is 1. The van der Waals surface area contributed by atoms with Crippen molar-refractivity contribution in [2.24, 2.45) is 5.41 Å². The first-order chi connectivity index (χ1) is 21.5. The number of carboxylic acid groups (broad SMARTS) is 1. The number of para-hydroxylation sites is 1. The van der Waals surface area contributed by atoms with Gasteiger partial charge in [0.1, 0.15) is 11.8 Å². The largest absolute Gasteiger partial charge is 0.480 e. The highest BCUT2D eigenvalue weighted by molar-refractivity contribution is 6.30. The molecular weight excluding hydrogens is 613 g/mol. The molecule has 0 aliphatic carbocycles. The maximum absolute atomic E-state index is 14.7. The van der Waals surface area contributed by atoms with Gasteiger partial charge in [-0.05, 0) is 61.9 Å². The molecule has 4 heterocycles. The van der Waals surface area contributed by atoms with E-state index in [0.717, 1.165) is 0 Å². The van der Waals surface area contributed by atoms with Crippen LogP contribution in [0.4, 0.5) is 19.1 Å². The van der Waals surface area contributed by atoms with E-state index in [1.807, 2.05) is 11.0 Å². The highest BCUT2D eigenvalue weighted by Crippen LogP contribution is 2.42. The van der Waals surface area contributed by atoms with Crippen LogP contribution in [0.5, 0.6) is 17.5 Å². The average Bonchev–Trinajstić information content (AvgIpc) is 3.63. The third-order valence-corrected chi connectivity index (χ3v) is 8.41. The minimum atomic E-state index is -4.84. The van der Waals surface area contributed by atoms with Crippen LogP contribution in [0, 0.1) is 12.3 Å². The second-order valence-electron chi connectivity index (χ2n) is 11.4. The summed E-state index contributed by atoms with van der Waals surface area (Å²) in [6.45, 7) is 3.26. The zero-order chi connectivity index (χ0) is 31.8. The summed E-state index contributed by atoms with van der Waals surface area (Å²) in [6.07, 6.45) is -3.89. The molecule has 0 radical (unpaired) electrons. The maximum atomic E-state index is 14.7. The summed E-state index contributed by atoms with van der Waals surface area (Å²) in [6, 6.07) is 15.1. The van der Waals surface area contributed by atoms with Gasteiger partial charge >= 0.3 is 12.1 Å². The zero-order valence-corrected chi connectivity index (χ0v) is 24.9. The fourth-order valence-corrected chi connectivity index (χ4v) is 5.99. The summed E-state index contributed by atoms with van der Waals surface area (Å²) in [5, 5.41) is 17.0. The third kappa shape index (κ3) is 6.84. The van der Waals surface area contributed by atoms with E-state index in [0.29, 0.717) is 50.3 Å². The fraction of sp³-hybridized carbons (Fsp3) is 0.355. The molecule has 0 bridgehead atoms. The predicted molar refractivity (Wildman–Crippen MR) is 159 cm³/mol. The number of hydrogen-bond acceptors (Lipinski definition) is 8. The Morgan fingerprint density at radius 3 is 2.47 bits per heavy atom. The Bertz CT molecular complexity index is 1680. The Labute approximate surface area is 261 Å². The van der Waals surface area contributed by atoms with E-state index in [-0.39, 0.29) is 39.4 Å². The van der Waals surface area contributed by atoms with Gasteiger partial charge < -0.3 is 24.8 Å². The molecule has 2 fully saturated rings. The lowest BCUT2D eigenvalue weighted by Gasteiger charge is -2.39. The molecule has 1 spiro atoms. The SMILES string of the molecule is Cc1ccn(-c2cc(Cl)ccc2[C@@H](Oc2cc(Oc3ccccc3)nc(N3CCC4(CC3)CN[C@H](C(=O)O)C4)n2)C(F)(F)F)n1. The van der Waals surface area contributed by atoms with Crippen molar-refractivity contribution in [3.63, 3.8) is 0 Å². The molecule has 2 aliphatic heterocycles. The van der Waals surface area contributed by atoms with Crippen molar-refractivity contribution < 1.29 is 32.5 Å². The lowest BCUT2D eigenvalue weighted by atomic mass is 9.76. The van der Waals surface area contributed by atoms with E-state index in [4.69, 9.17) is 21.1 Å². The fourth-order valence-electron chi connectivity index (χ4n) is 5.82. The molecule has 0 saturated carbocycles. The van der Waals surface area contributed by atoms with Crippen LogP contribution in [0.15, 0.2) is 66.9 Å². The van der Waals surface area contributed by atoms with Crippen LogP contribution in [0.3, 0.4) is 0 Å². The van der Waals surface area contributed by atoms with Gasteiger partial charge in [-0.2, -0.15) is 28.2 Å². The van der Waals surface area contributed by atoms with Gasteiger partial charge in [0.05, 0.1) is 17.4 Å². The molecule has 0 amide bonds. The van der Waals surface area contributed by atoms with Gasteiger partial charge in [0.2, 0.25) is 23.8 Å². The quantitative estimate of drug-likeness (QED) is 0.234. The Balaban J connectivity index is 1.33. The monoisotopic (exact) mass is 642 g/mol. The number of carboxylic acids is 1. The molecule has 2 aliphatic rings. The number of anilines is 1. The molecule has 2 aromatic carbocycles. The third-order valence-electron chi connectivity index (χ3n) is 8.18. The van der Waals surface area contributed by atoms with Crippen LogP contribution in [0.2, 0.25) is 5.02 Å². The van der Waals surface area contributed by atoms with E-state index < -0.39 is 24.3 Å². The number of benzene rings is 2. The van der Waals surface area contributed by atoms with Crippen molar-refractivity contribution in [1.82, 2.24) is 25.1 Å². The normalized spacial score (nSPS) is 18.6. The number of aliphatic carboxylic acids is 1. The molecule has 4 aromatic rings. The summed E-state index contributed by atoms with van der Waals surface area (Å²) >= 11 is 6.19. The standard InChI is InChI=1S/C31H30ClF3N6O4/c1-19-9-12-41(39-19)24-15-20(32)7-8-22(24)27(31(33,34)35)45-26-16-25(44-21-5-3-2-4-6-21)37-29(38-26)40-13-10-30(11-14-40)17-23(28(42)43)36-18-30/h2-9,12,15-16,23,27,36H,10-11,13-14,17-18H2,1H3,(H,42,43)/t23-,27+/m0/s1. The number of nitrogens with zero attached hydrogens (tertiary/aromatic N) is 5. The van der Waals surface area contributed by atoms with Crippen molar-refractivity contribution in [2.45, 2.75) is 44.5 Å². The molecule has 2 aromatic heterocycles. The number of aromatic nitrogens is 4. The highest BCUT2D eigenvalue weighted by atomic mass is 35.5. The van der Waals surface area contributed by atoms with Gasteiger partial charge in [0.25, 0.3) is 0 Å². The summed E-state index contributed by atoms with van der Waals surface area (Å²) < 4.78 is 57.1. The zero-order valence-electron chi connectivity index (χ0n) is 24.2. The minimum Gasteiger partial charge on any atom is -0.480 e. The molecule has 6 rings (SSSR count). The molecule has 10 nitrogen and oxygen atoms in total. The molecule has 236 valence electrons. The highest BCUT2D eigenvalue weighted by Gasteiger charge is 2.46. The van der Waals surface area contributed by atoms with Gasteiger partial charge in [0.15, 0.2) is 0 Å². The van der Waals surface area contributed by atoms with Gasteiger partial charge in [0, 0.05) is 36.4 Å². The molecule has 0 unspecified atom stereocenters. The van der Waals surface area contributed by atoms with Crippen LogP contribution >= 0.6 is 11.6 Å². The molecule has 2 N–H and O–H groups in total. The van der Waals surface area contributed by atoms with Crippen LogP contribution in [-0.4, -0.2) is 62.7 Å². The van der Waals surface area contributed by atoms with Gasteiger partial charge in [-0.3, -0.25) is 4.79 Å². The van der Waals surface area contributed by atoms with Crippen LogP contribution < -0.4 is 19.7 Å². The molecule has 2 atom stereocenters. The smallest absolute Gasteiger partial charge is 0.429 e. The number of ether oxygens (including phenoxy) is 2. The predicted octanol–water partition coefficient (Wildman–Crippen LogP) is 6.13. The van der Waals surface area contributed by atoms with E-state index in [2.05, 4.69) is 20.4 Å². The van der Waals surface area contributed by atoms with Gasteiger partial charge in [-0.25, -0.2) is 4.68 Å². The number of halogens is 4. The summed E-state index contributed by atoms with van der Waals surface area (Å²) in [7, 11) is 0. The van der Waals surface area contributed by atoms with Crippen LogP contribution in [0.25, 0.3) is 5.69 Å². The Kier molecular flexibility index (Phi) is 8.31. The summed E-state index contributed by atoms with van der Waals surface area (Å²) in [5.74, 6) is -0.622. The van der Waals surface area contributed by atoms with Gasteiger partial charge in [-0.1, -0.05) is 35.9 Å². The van der Waals surface area contributed by atoms with Crippen molar-refractivity contribution in [2.75, 3.05) is 24.5 Å². The Morgan fingerprint density at radius 2 is 1.82 bits per heavy atom. The number of alkyl halides is 3. The van der Waals surface area contributed by atoms with Crippen molar-refractivity contribution in [1.29, 1.82) is 0 Å². The van der Waals surface area contributed by atoms with E-state index in [1.165, 1.54) is 28.9 Å². The first-order valence-electron chi connectivity index (χ1n) is 14.4.